The summed E-state index contributed by atoms with van der Waals surface area (Å²) in [4.78, 5) is 22.0. The molecule has 0 radical (unpaired) electrons. The molecule has 1 aromatic rings. The maximum atomic E-state index is 11.4. The maximum Gasteiger partial charge on any atom is 0.325 e. The fourth-order valence-electron chi connectivity index (χ4n) is 1.35. The summed E-state index contributed by atoms with van der Waals surface area (Å²) < 4.78 is 6.28. The molecule has 0 aliphatic heterocycles. The Kier molecular flexibility index (Phi) is 5.82. The van der Waals surface area contributed by atoms with Gasteiger partial charge in [-0.05, 0) is 47.5 Å². The molecule has 19 heavy (non-hydrogen) atoms. The summed E-state index contributed by atoms with van der Waals surface area (Å²) in [5, 5.41) is 11.0. The van der Waals surface area contributed by atoms with Crippen molar-refractivity contribution in [1.82, 2.24) is 5.32 Å². The highest BCUT2D eigenvalue weighted by atomic mass is 79.9. The Morgan fingerprint density at radius 1 is 1.47 bits per heavy atom. The van der Waals surface area contributed by atoms with Crippen molar-refractivity contribution in [3.8, 4) is 5.75 Å². The van der Waals surface area contributed by atoms with E-state index in [-0.39, 0.29) is 18.9 Å². The largest absolute Gasteiger partial charge is 0.492 e. The van der Waals surface area contributed by atoms with Crippen molar-refractivity contribution in [1.29, 1.82) is 0 Å². The van der Waals surface area contributed by atoms with E-state index >= 15 is 0 Å². The zero-order valence-corrected chi connectivity index (χ0v) is 12.4. The van der Waals surface area contributed by atoms with Gasteiger partial charge in [-0.1, -0.05) is 6.07 Å². The van der Waals surface area contributed by atoms with Crippen molar-refractivity contribution in [2.45, 2.75) is 26.3 Å². The van der Waals surface area contributed by atoms with Crippen LogP contribution < -0.4 is 10.1 Å². The van der Waals surface area contributed by atoms with Crippen LogP contribution in [0.15, 0.2) is 22.7 Å². The Morgan fingerprint density at radius 3 is 2.74 bits per heavy atom. The topological polar surface area (TPSA) is 75.6 Å². The van der Waals surface area contributed by atoms with E-state index in [1.807, 2.05) is 25.1 Å². The number of rotatable bonds is 6. The summed E-state index contributed by atoms with van der Waals surface area (Å²) in [6.45, 7) is 3.58. The molecule has 1 aromatic carbocycles. The van der Waals surface area contributed by atoms with Crippen LogP contribution in [0.25, 0.3) is 0 Å². The number of carbonyl (C=O) groups is 2. The van der Waals surface area contributed by atoms with Gasteiger partial charge in [0.15, 0.2) is 0 Å². The molecule has 104 valence electrons. The normalized spacial score (nSPS) is 11.7. The molecular formula is C13H16BrNO4. The summed E-state index contributed by atoms with van der Waals surface area (Å²) in [5.41, 5.74) is 1.10. The van der Waals surface area contributed by atoms with Gasteiger partial charge in [0.05, 0.1) is 17.5 Å². The maximum absolute atomic E-state index is 11.4. The van der Waals surface area contributed by atoms with Gasteiger partial charge in [0, 0.05) is 0 Å². The van der Waals surface area contributed by atoms with Gasteiger partial charge in [-0.2, -0.15) is 0 Å². The number of aryl methyl sites for hydroxylation is 1. The van der Waals surface area contributed by atoms with E-state index in [0.717, 1.165) is 10.0 Å². The number of carboxylic acids is 1. The van der Waals surface area contributed by atoms with Gasteiger partial charge in [-0.15, -0.1) is 0 Å². The number of halogens is 1. The first kappa shape index (κ1) is 15.5. The van der Waals surface area contributed by atoms with Crippen LogP contribution in [0.3, 0.4) is 0 Å². The molecule has 1 amide bonds. The Balaban J connectivity index is 2.38. The Hall–Kier alpha value is -1.56. The minimum Gasteiger partial charge on any atom is -0.492 e. The minimum absolute atomic E-state index is 0.109. The standard InChI is InChI=1S/C13H16BrNO4/c1-8-3-4-11(10(14)7-8)19-6-5-12(16)15-9(2)13(17)18/h3-4,7,9H,5-6H2,1-2H3,(H,15,16)(H,17,18). The van der Waals surface area contributed by atoms with Crippen LogP contribution in [0.4, 0.5) is 0 Å². The molecule has 0 spiro atoms. The minimum atomic E-state index is -1.06. The van der Waals surface area contributed by atoms with Crippen molar-refractivity contribution in [2.75, 3.05) is 6.61 Å². The van der Waals surface area contributed by atoms with E-state index in [4.69, 9.17) is 9.84 Å². The summed E-state index contributed by atoms with van der Waals surface area (Å²) in [6, 6.07) is 4.75. The quantitative estimate of drug-likeness (QED) is 0.838. The first-order chi connectivity index (χ1) is 8.90. The SMILES string of the molecule is Cc1ccc(OCCC(=O)NC(C)C(=O)O)c(Br)c1. The molecule has 0 bridgehead atoms. The number of hydrogen-bond acceptors (Lipinski definition) is 3. The van der Waals surface area contributed by atoms with Crippen LogP contribution in [-0.2, 0) is 9.59 Å². The van der Waals surface area contributed by atoms with Crippen molar-refractivity contribution < 1.29 is 19.4 Å². The summed E-state index contributed by atoms with van der Waals surface area (Å²) in [5.74, 6) is -0.752. The lowest BCUT2D eigenvalue weighted by molar-refractivity contribution is -0.141. The second-order valence-electron chi connectivity index (χ2n) is 4.16. The molecule has 0 aliphatic rings. The fourth-order valence-corrected chi connectivity index (χ4v) is 1.96. The second kappa shape index (κ2) is 7.13. The molecule has 0 saturated heterocycles. The number of nitrogens with one attached hydrogen (secondary N) is 1. The predicted molar refractivity (Wildman–Crippen MR) is 74.2 cm³/mol. The smallest absolute Gasteiger partial charge is 0.325 e. The van der Waals surface area contributed by atoms with Gasteiger partial charge in [0.2, 0.25) is 5.91 Å². The van der Waals surface area contributed by atoms with E-state index in [9.17, 15) is 9.59 Å². The number of carboxylic acid groups (broad SMARTS) is 1. The molecule has 0 saturated carbocycles. The molecular weight excluding hydrogens is 314 g/mol. The third-order valence-electron chi connectivity index (χ3n) is 2.42. The highest BCUT2D eigenvalue weighted by Gasteiger charge is 2.13. The highest BCUT2D eigenvalue weighted by molar-refractivity contribution is 9.10. The van der Waals surface area contributed by atoms with Gasteiger partial charge in [-0.3, -0.25) is 9.59 Å². The van der Waals surface area contributed by atoms with Gasteiger partial charge in [0.25, 0.3) is 0 Å². The molecule has 1 atom stereocenters. The molecule has 0 aliphatic carbocycles. The monoisotopic (exact) mass is 329 g/mol. The van der Waals surface area contributed by atoms with Gasteiger partial charge in [0.1, 0.15) is 11.8 Å². The molecule has 2 N–H and O–H groups in total. The van der Waals surface area contributed by atoms with Gasteiger partial charge < -0.3 is 15.2 Å². The highest BCUT2D eigenvalue weighted by Crippen LogP contribution is 2.25. The lowest BCUT2D eigenvalue weighted by Gasteiger charge is -2.11. The Morgan fingerprint density at radius 2 is 2.16 bits per heavy atom. The number of benzene rings is 1. The molecule has 5 nitrogen and oxygen atoms in total. The molecule has 0 heterocycles. The average Bonchev–Trinajstić information content (AvgIpc) is 2.31. The molecule has 0 aromatic heterocycles. The lowest BCUT2D eigenvalue weighted by atomic mass is 10.2. The fraction of sp³-hybridized carbons (Fsp3) is 0.385. The first-order valence-corrected chi connectivity index (χ1v) is 6.60. The number of ether oxygens (including phenoxy) is 1. The van der Waals surface area contributed by atoms with Crippen molar-refractivity contribution in [2.24, 2.45) is 0 Å². The summed E-state index contributed by atoms with van der Waals surface area (Å²) in [7, 11) is 0. The summed E-state index contributed by atoms with van der Waals surface area (Å²) in [6.07, 6.45) is 0.109. The zero-order valence-electron chi connectivity index (χ0n) is 10.8. The molecule has 1 unspecified atom stereocenters. The molecule has 1 rings (SSSR count). The van der Waals surface area contributed by atoms with Crippen LogP contribution in [-0.4, -0.2) is 29.6 Å². The van der Waals surface area contributed by atoms with Crippen molar-refractivity contribution in [3.63, 3.8) is 0 Å². The Bertz CT molecular complexity index is 476. The van der Waals surface area contributed by atoms with Gasteiger partial charge >= 0.3 is 5.97 Å². The number of amides is 1. The molecule has 0 fully saturated rings. The lowest BCUT2D eigenvalue weighted by Crippen LogP contribution is -2.38. The van der Waals surface area contributed by atoms with Crippen LogP contribution >= 0.6 is 15.9 Å². The number of hydrogen-bond donors (Lipinski definition) is 2. The zero-order chi connectivity index (χ0) is 14.4. The van der Waals surface area contributed by atoms with Crippen LogP contribution in [0.1, 0.15) is 18.9 Å². The van der Waals surface area contributed by atoms with E-state index in [1.54, 1.807) is 0 Å². The van der Waals surface area contributed by atoms with Crippen LogP contribution in [0.5, 0.6) is 5.75 Å². The van der Waals surface area contributed by atoms with Gasteiger partial charge in [-0.25, -0.2) is 0 Å². The third kappa shape index (κ3) is 5.30. The van der Waals surface area contributed by atoms with E-state index < -0.39 is 12.0 Å². The van der Waals surface area contributed by atoms with Crippen LogP contribution in [0, 0.1) is 6.92 Å². The van der Waals surface area contributed by atoms with Crippen LogP contribution in [0.2, 0.25) is 0 Å². The first-order valence-electron chi connectivity index (χ1n) is 5.81. The third-order valence-corrected chi connectivity index (χ3v) is 3.04. The number of carbonyl (C=O) groups excluding carboxylic acids is 1. The Labute approximate surface area is 120 Å². The van der Waals surface area contributed by atoms with E-state index in [0.29, 0.717) is 5.75 Å². The average molecular weight is 330 g/mol. The van der Waals surface area contributed by atoms with E-state index in [2.05, 4.69) is 21.2 Å². The van der Waals surface area contributed by atoms with E-state index in [1.165, 1.54) is 6.92 Å². The second-order valence-corrected chi connectivity index (χ2v) is 5.01. The molecule has 6 heteroatoms. The summed E-state index contributed by atoms with van der Waals surface area (Å²) >= 11 is 3.37. The van der Waals surface area contributed by atoms with Crippen molar-refractivity contribution in [3.05, 3.63) is 28.2 Å². The predicted octanol–water partition coefficient (Wildman–Crippen LogP) is 2.12. The van der Waals surface area contributed by atoms with Crippen molar-refractivity contribution >= 4 is 27.8 Å². The number of aliphatic carboxylic acids is 1.